The number of hydrogen-bond donors (Lipinski definition) is 1. The maximum Gasteiger partial charge on any atom is 0.417 e. The van der Waals surface area contributed by atoms with E-state index in [1.165, 1.54) is 6.07 Å². The highest BCUT2D eigenvalue weighted by Crippen LogP contribution is 2.39. The largest absolute Gasteiger partial charge is 0.417 e. The van der Waals surface area contributed by atoms with Crippen LogP contribution in [0.25, 0.3) is 11.4 Å². The molecule has 0 atom stereocenters. The molecular weight excluding hydrogens is 735 g/mol. The van der Waals surface area contributed by atoms with Crippen molar-refractivity contribution in [3.05, 3.63) is 83.2 Å². The fourth-order valence-corrected chi connectivity index (χ4v) is 5.95. The maximum absolute atomic E-state index is 13.3. The van der Waals surface area contributed by atoms with Gasteiger partial charge in [-0.25, -0.2) is 24.9 Å². The lowest BCUT2D eigenvalue weighted by Crippen LogP contribution is -2.11. The average molecular weight is 746 g/mol. The molecule has 1 aromatic carbocycles. The van der Waals surface area contributed by atoms with E-state index in [-0.39, 0.29) is 36.5 Å². The lowest BCUT2D eigenvalue weighted by atomic mass is 10.0. The van der Waals surface area contributed by atoms with Crippen molar-refractivity contribution in [2.75, 3.05) is 0 Å². The topological polar surface area (TPSA) is 93.1 Å². The van der Waals surface area contributed by atoms with E-state index in [0.29, 0.717) is 48.1 Å². The summed E-state index contributed by atoms with van der Waals surface area (Å²) in [6, 6.07) is 5.80. The number of nitrogens with one attached hydrogen (secondary N) is 1. The van der Waals surface area contributed by atoms with Crippen LogP contribution in [0, 0.1) is 0 Å². The molecule has 22 heteroatoms. The molecule has 0 aliphatic rings. The Labute approximate surface area is 272 Å². The second kappa shape index (κ2) is 13.1. The molecule has 0 amide bonds. The summed E-state index contributed by atoms with van der Waals surface area (Å²) >= 11 is 2.20. The number of halogens is 12. The summed E-state index contributed by atoms with van der Waals surface area (Å²) in [5, 5.41) is 6.05. The summed E-state index contributed by atoms with van der Waals surface area (Å²) in [6.07, 6.45) is -18.4. The first-order valence-electron chi connectivity index (χ1n) is 12.5. The first-order chi connectivity index (χ1) is 22.2. The molecule has 252 valence electrons. The summed E-state index contributed by atoms with van der Waals surface area (Å²) in [4.78, 5) is 19.9. The first-order valence-corrected chi connectivity index (χ1v) is 14.9. The Kier molecular flexibility index (Phi) is 9.63. The van der Waals surface area contributed by atoms with Gasteiger partial charge in [0, 0.05) is 24.0 Å². The number of H-pyrrole nitrogens is 1. The van der Waals surface area contributed by atoms with E-state index >= 15 is 0 Å². The molecule has 0 unspecified atom stereocenters. The summed E-state index contributed by atoms with van der Waals surface area (Å²) < 4.78 is 158. The first kappa shape index (κ1) is 35.3. The molecule has 0 aliphatic heterocycles. The zero-order valence-electron chi connectivity index (χ0n) is 22.7. The Morgan fingerprint density at radius 3 is 1.42 bits per heavy atom. The van der Waals surface area contributed by atoms with Crippen LogP contribution in [0.3, 0.4) is 0 Å². The van der Waals surface area contributed by atoms with Gasteiger partial charge in [0.1, 0.15) is 20.1 Å². The number of benzene rings is 1. The highest BCUT2D eigenvalue weighted by atomic mass is 32.2. The number of aromatic nitrogens is 7. The third-order valence-corrected chi connectivity index (χ3v) is 8.18. The van der Waals surface area contributed by atoms with Gasteiger partial charge in [0.05, 0.1) is 22.3 Å². The second-order valence-electron chi connectivity index (χ2n) is 9.16. The molecule has 48 heavy (non-hydrogen) atoms. The Morgan fingerprint density at radius 2 is 0.958 bits per heavy atom. The molecule has 0 spiro atoms. The van der Waals surface area contributed by atoms with Gasteiger partial charge in [-0.1, -0.05) is 0 Å². The molecule has 0 aliphatic carbocycles. The summed E-state index contributed by atoms with van der Waals surface area (Å²) in [5.41, 5.74) is -5.80. The van der Waals surface area contributed by atoms with E-state index in [2.05, 4.69) is 35.1 Å². The molecule has 4 aromatic heterocycles. The van der Waals surface area contributed by atoms with Gasteiger partial charge in [-0.3, -0.25) is 5.10 Å². The number of pyridine rings is 2. The predicted octanol–water partition coefficient (Wildman–Crippen LogP) is 9.58. The van der Waals surface area contributed by atoms with Gasteiger partial charge in [-0.05, 0) is 77.8 Å². The smallest absolute Gasteiger partial charge is 0.253 e. The molecule has 0 saturated carbocycles. The number of nitrogens with zero attached hydrogens (tertiary/aromatic N) is 6. The second-order valence-corrected chi connectivity index (χ2v) is 12.2. The van der Waals surface area contributed by atoms with Crippen molar-refractivity contribution in [3.63, 3.8) is 0 Å². The molecular formula is C26H11F12N7S3. The standard InChI is InChI=1S/C26H11F12N7S3/c27-23(28,29)12-1-3-16(39-9-12)46-18-8-19(42-21(41-18)47-17-4-2-13(10-40-17)24(30,31)32)48-22-43-20(44-45-22)11-5-14(25(33,34)35)7-15(6-11)26(36,37)38/h1-10H,(H,43,44,45). The molecule has 5 rings (SSSR count). The molecule has 0 saturated heterocycles. The van der Waals surface area contributed by atoms with Crippen LogP contribution in [0.15, 0.2) is 91.3 Å². The van der Waals surface area contributed by atoms with Gasteiger partial charge >= 0.3 is 24.7 Å². The minimum absolute atomic E-state index is 0.0284. The Bertz CT molecular complexity index is 1800. The Balaban J connectivity index is 1.46. The van der Waals surface area contributed by atoms with Gasteiger partial charge < -0.3 is 0 Å². The average Bonchev–Trinajstić information content (AvgIpc) is 3.44. The van der Waals surface area contributed by atoms with Gasteiger partial charge in [0.25, 0.3) is 0 Å². The van der Waals surface area contributed by atoms with Crippen LogP contribution in [0.2, 0.25) is 0 Å². The molecule has 0 radical (unpaired) electrons. The van der Waals surface area contributed by atoms with Crippen LogP contribution in [-0.2, 0) is 24.7 Å². The fourth-order valence-electron chi connectivity index (χ4n) is 3.56. The van der Waals surface area contributed by atoms with Crippen LogP contribution >= 0.6 is 35.3 Å². The summed E-state index contributed by atoms with van der Waals surface area (Å²) in [7, 11) is 0. The van der Waals surface area contributed by atoms with E-state index in [4.69, 9.17) is 0 Å². The molecule has 4 heterocycles. The summed E-state index contributed by atoms with van der Waals surface area (Å²) in [6.45, 7) is 0. The molecule has 5 aromatic rings. The Morgan fingerprint density at radius 1 is 0.479 bits per heavy atom. The number of rotatable bonds is 7. The summed E-state index contributed by atoms with van der Waals surface area (Å²) in [5.74, 6) is -0.518. The minimum Gasteiger partial charge on any atom is -0.253 e. The van der Waals surface area contributed by atoms with Gasteiger partial charge in [-0.15, -0.1) is 0 Å². The monoisotopic (exact) mass is 745 g/mol. The highest BCUT2D eigenvalue weighted by Gasteiger charge is 2.37. The van der Waals surface area contributed by atoms with Crippen molar-refractivity contribution < 1.29 is 52.7 Å². The van der Waals surface area contributed by atoms with Gasteiger partial charge in [0.2, 0.25) is 0 Å². The van der Waals surface area contributed by atoms with E-state index in [1.54, 1.807) is 0 Å². The van der Waals surface area contributed by atoms with E-state index in [1.807, 2.05) is 0 Å². The minimum atomic E-state index is -5.11. The van der Waals surface area contributed by atoms with Crippen molar-refractivity contribution in [1.29, 1.82) is 0 Å². The highest BCUT2D eigenvalue weighted by molar-refractivity contribution is 8.00. The molecule has 0 bridgehead atoms. The molecule has 7 nitrogen and oxygen atoms in total. The van der Waals surface area contributed by atoms with Crippen LogP contribution in [-0.4, -0.2) is 35.1 Å². The SMILES string of the molecule is FC(F)(F)c1ccc(Sc2cc(Sc3nc(-c4cc(C(F)(F)F)cc(C(F)(F)F)c4)n[nH]3)nc(Sc3ccc(C(F)(F)F)cn3)n2)nc1. The lowest BCUT2D eigenvalue weighted by molar-refractivity contribution is -0.143. The zero-order valence-corrected chi connectivity index (χ0v) is 25.2. The van der Waals surface area contributed by atoms with E-state index < -0.39 is 58.3 Å². The third kappa shape index (κ3) is 8.89. The maximum atomic E-state index is 13.3. The number of alkyl halides is 12. The molecule has 0 fully saturated rings. The molecule has 1 N–H and O–H groups in total. The van der Waals surface area contributed by atoms with Crippen molar-refractivity contribution in [2.45, 2.75) is 55.1 Å². The van der Waals surface area contributed by atoms with Crippen molar-refractivity contribution in [2.24, 2.45) is 0 Å². The van der Waals surface area contributed by atoms with E-state index in [0.717, 1.165) is 36.0 Å². The normalized spacial score (nSPS) is 12.8. The third-order valence-electron chi connectivity index (χ3n) is 5.70. The van der Waals surface area contributed by atoms with Gasteiger partial charge in [0.15, 0.2) is 16.1 Å². The van der Waals surface area contributed by atoms with Crippen LogP contribution in [0.5, 0.6) is 0 Å². The Hall–Kier alpha value is -4.05. The van der Waals surface area contributed by atoms with Crippen LogP contribution in [0.4, 0.5) is 52.7 Å². The number of hydrogen-bond acceptors (Lipinski definition) is 9. The quantitative estimate of drug-likeness (QED) is 0.0994. The van der Waals surface area contributed by atoms with Crippen LogP contribution < -0.4 is 0 Å². The van der Waals surface area contributed by atoms with E-state index in [9.17, 15) is 52.7 Å². The lowest BCUT2D eigenvalue weighted by Gasteiger charge is -2.13. The van der Waals surface area contributed by atoms with Crippen molar-refractivity contribution in [3.8, 4) is 11.4 Å². The van der Waals surface area contributed by atoms with Gasteiger partial charge in [-0.2, -0.15) is 57.8 Å². The zero-order chi connectivity index (χ0) is 35.1. The number of aromatic amines is 1. The van der Waals surface area contributed by atoms with Crippen LogP contribution in [0.1, 0.15) is 22.3 Å². The predicted molar refractivity (Wildman–Crippen MR) is 145 cm³/mol. The fraction of sp³-hybridized carbons (Fsp3) is 0.154. The van der Waals surface area contributed by atoms with Crippen molar-refractivity contribution in [1.82, 2.24) is 35.1 Å². The van der Waals surface area contributed by atoms with Crippen molar-refractivity contribution >= 4 is 35.3 Å².